The van der Waals surface area contributed by atoms with E-state index in [1.165, 1.54) is 0 Å². The fourth-order valence-corrected chi connectivity index (χ4v) is 4.28. The van der Waals surface area contributed by atoms with E-state index in [4.69, 9.17) is 23.7 Å². The molecule has 2 aromatic carbocycles. The average molecular weight is 414 g/mol. The van der Waals surface area contributed by atoms with Crippen LogP contribution in [0.15, 0.2) is 60.7 Å². The second kappa shape index (κ2) is 9.14. The number of rotatable bonds is 7. The summed E-state index contributed by atoms with van der Waals surface area (Å²) in [6.07, 6.45) is -3.50. The highest BCUT2D eigenvalue weighted by Gasteiger charge is 2.59. The molecule has 0 radical (unpaired) electrons. The molecular weight excluding hydrogens is 384 g/mol. The Bertz CT molecular complexity index is 796. The average Bonchev–Trinajstić information content (AvgIpc) is 3.09. The molecule has 0 spiro atoms. The molecule has 2 fully saturated rings. The molecule has 4 rings (SSSR count). The standard InChI is InChI=1S/C24H30O6/c1-24(2)29-20-18(25)19(26-3)21(27-14-16-10-6-4-7-11-16)22(23(20)30-24)28-15-17-12-8-5-9-13-17/h4-13,18-23,25H,14-15H2,1-3H3/t18-,19-,20-,21+,22-,23-/m0/s1. The first kappa shape index (κ1) is 21.4. The van der Waals surface area contributed by atoms with Gasteiger partial charge < -0.3 is 28.8 Å². The highest BCUT2D eigenvalue weighted by Crippen LogP contribution is 2.40. The molecule has 2 aromatic rings. The Hall–Kier alpha value is -1.80. The molecule has 0 aromatic heterocycles. The van der Waals surface area contributed by atoms with Crippen molar-refractivity contribution < 1.29 is 28.8 Å². The van der Waals surface area contributed by atoms with E-state index in [0.717, 1.165) is 11.1 Å². The Morgan fingerprint density at radius 2 is 1.27 bits per heavy atom. The van der Waals surface area contributed by atoms with Crippen LogP contribution in [0.2, 0.25) is 0 Å². The van der Waals surface area contributed by atoms with E-state index in [-0.39, 0.29) is 0 Å². The normalized spacial score (nSPS) is 32.7. The van der Waals surface area contributed by atoms with Gasteiger partial charge in [0.25, 0.3) is 0 Å². The zero-order valence-electron chi connectivity index (χ0n) is 17.6. The van der Waals surface area contributed by atoms with Gasteiger partial charge in [-0.05, 0) is 25.0 Å². The third kappa shape index (κ3) is 4.59. The molecule has 1 saturated carbocycles. The molecule has 1 heterocycles. The van der Waals surface area contributed by atoms with Gasteiger partial charge in [-0.1, -0.05) is 60.7 Å². The van der Waals surface area contributed by atoms with Gasteiger partial charge in [0.1, 0.15) is 36.6 Å². The third-order valence-corrected chi connectivity index (χ3v) is 5.65. The van der Waals surface area contributed by atoms with Gasteiger partial charge in [-0.2, -0.15) is 0 Å². The lowest BCUT2D eigenvalue weighted by Gasteiger charge is -2.44. The monoisotopic (exact) mass is 414 g/mol. The van der Waals surface area contributed by atoms with Crippen LogP contribution >= 0.6 is 0 Å². The number of aliphatic hydroxyl groups is 1. The van der Waals surface area contributed by atoms with Crippen LogP contribution < -0.4 is 0 Å². The van der Waals surface area contributed by atoms with Gasteiger partial charge in [0.15, 0.2) is 5.79 Å². The molecule has 1 saturated heterocycles. The minimum atomic E-state index is -0.890. The van der Waals surface area contributed by atoms with Gasteiger partial charge in [0, 0.05) is 7.11 Å². The van der Waals surface area contributed by atoms with Crippen LogP contribution in [-0.4, -0.2) is 54.6 Å². The van der Waals surface area contributed by atoms with Crippen LogP contribution in [0.1, 0.15) is 25.0 Å². The van der Waals surface area contributed by atoms with Crippen molar-refractivity contribution in [3.63, 3.8) is 0 Å². The molecule has 6 atom stereocenters. The van der Waals surface area contributed by atoms with E-state index in [2.05, 4.69) is 0 Å². The predicted octanol–water partition coefficient (Wildman–Crippen LogP) is 3.07. The number of benzene rings is 2. The number of ether oxygens (including phenoxy) is 5. The largest absolute Gasteiger partial charge is 0.387 e. The van der Waals surface area contributed by atoms with Crippen LogP contribution in [0.4, 0.5) is 0 Å². The Kier molecular flexibility index (Phi) is 6.53. The summed E-state index contributed by atoms with van der Waals surface area (Å²) in [6, 6.07) is 19.9. The molecule has 30 heavy (non-hydrogen) atoms. The quantitative estimate of drug-likeness (QED) is 0.751. The van der Waals surface area contributed by atoms with E-state index < -0.39 is 42.4 Å². The Morgan fingerprint density at radius 1 is 0.767 bits per heavy atom. The molecule has 1 aliphatic heterocycles. The highest BCUT2D eigenvalue weighted by atomic mass is 16.8. The van der Waals surface area contributed by atoms with Gasteiger partial charge in [0.05, 0.1) is 13.2 Å². The van der Waals surface area contributed by atoms with Gasteiger partial charge in [-0.15, -0.1) is 0 Å². The lowest BCUT2D eigenvalue weighted by molar-refractivity contribution is -0.233. The summed E-state index contributed by atoms with van der Waals surface area (Å²) in [5, 5.41) is 11.0. The zero-order chi connectivity index (χ0) is 21.1. The Morgan fingerprint density at radius 3 is 1.80 bits per heavy atom. The first-order valence-corrected chi connectivity index (χ1v) is 10.4. The fraction of sp³-hybridized carbons (Fsp3) is 0.500. The van der Waals surface area contributed by atoms with E-state index in [1.807, 2.05) is 74.5 Å². The fourth-order valence-electron chi connectivity index (χ4n) is 4.28. The third-order valence-electron chi connectivity index (χ3n) is 5.65. The lowest BCUT2D eigenvalue weighted by Crippen LogP contribution is -2.64. The summed E-state index contributed by atoms with van der Waals surface area (Å²) in [5.74, 6) is -0.822. The topological polar surface area (TPSA) is 66.4 Å². The molecule has 0 amide bonds. The highest BCUT2D eigenvalue weighted by molar-refractivity contribution is 5.15. The van der Waals surface area contributed by atoms with Crippen LogP contribution in [0.25, 0.3) is 0 Å². The van der Waals surface area contributed by atoms with Crippen molar-refractivity contribution in [3.05, 3.63) is 71.8 Å². The predicted molar refractivity (Wildman–Crippen MR) is 111 cm³/mol. The van der Waals surface area contributed by atoms with E-state index >= 15 is 0 Å². The number of hydrogen-bond acceptors (Lipinski definition) is 6. The van der Waals surface area contributed by atoms with Crippen molar-refractivity contribution in [2.45, 2.75) is 69.5 Å². The maximum atomic E-state index is 11.0. The summed E-state index contributed by atoms with van der Waals surface area (Å²) in [4.78, 5) is 0. The Labute approximate surface area is 177 Å². The number of fused-ring (bicyclic) bond motifs is 1. The molecular formula is C24H30O6. The molecule has 1 N–H and O–H groups in total. The molecule has 2 aliphatic rings. The van der Waals surface area contributed by atoms with Gasteiger partial charge in [-0.25, -0.2) is 0 Å². The van der Waals surface area contributed by atoms with E-state index in [1.54, 1.807) is 7.11 Å². The zero-order valence-corrected chi connectivity index (χ0v) is 17.6. The van der Waals surface area contributed by atoms with Crippen molar-refractivity contribution in [2.24, 2.45) is 0 Å². The van der Waals surface area contributed by atoms with Crippen molar-refractivity contribution >= 4 is 0 Å². The van der Waals surface area contributed by atoms with E-state index in [9.17, 15) is 5.11 Å². The smallest absolute Gasteiger partial charge is 0.164 e. The molecule has 6 nitrogen and oxygen atoms in total. The Balaban J connectivity index is 1.58. The summed E-state index contributed by atoms with van der Waals surface area (Å²) < 4.78 is 30.4. The van der Waals surface area contributed by atoms with Gasteiger partial charge >= 0.3 is 0 Å². The molecule has 1 aliphatic carbocycles. The summed E-state index contributed by atoms with van der Waals surface area (Å²) >= 11 is 0. The minimum Gasteiger partial charge on any atom is -0.387 e. The van der Waals surface area contributed by atoms with E-state index in [0.29, 0.717) is 13.2 Å². The maximum absolute atomic E-state index is 11.0. The van der Waals surface area contributed by atoms with Gasteiger partial charge in [-0.3, -0.25) is 0 Å². The summed E-state index contributed by atoms with van der Waals surface area (Å²) in [6.45, 7) is 4.46. The second-order valence-corrected chi connectivity index (χ2v) is 8.28. The number of methoxy groups -OCH3 is 1. The SMILES string of the molecule is CO[C@H]1[C@H](O)[C@@H]2OC(C)(C)O[C@@H]2[C@@H](OCc2ccccc2)[C@@H]1OCc1ccccc1. The molecule has 6 heteroatoms. The van der Waals surface area contributed by atoms with Crippen molar-refractivity contribution in [2.75, 3.05) is 7.11 Å². The number of aliphatic hydroxyl groups excluding tert-OH is 1. The van der Waals surface area contributed by atoms with Gasteiger partial charge in [0.2, 0.25) is 0 Å². The maximum Gasteiger partial charge on any atom is 0.164 e. The summed E-state index contributed by atoms with van der Waals surface area (Å²) in [7, 11) is 1.57. The van der Waals surface area contributed by atoms with Crippen molar-refractivity contribution in [1.29, 1.82) is 0 Å². The van der Waals surface area contributed by atoms with Crippen LogP contribution in [0.5, 0.6) is 0 Å². The first-order chi connectivity index (χ1) is 14.5. The van der Waals surface area contributed by atoms with Crippen LogP contribution in [0.3, 0.4) is 0 Å². The molecule has 0 bridgehead atoms. The van der Waals surface area contributed by atoms with Crippen molar-refractivity contribution in [1.82, 2.24) is 0 Å². The minimum absolute atomic E-state index is 0.380. The lowest BCUT2D eigenvalue weighted by atomic mass is 9.84. The molecule has 162 valence electrons. The van der Waals surface area contributed by atoms with Crippen molar-refractivity contribution in [3.8, 4) is 0 Å². The molecule has 0 unspecified atom stereocenters. The van der Waals surface area contributed by atoms with Crippen LogP contribution in [0, 0.1) is 0 Å². The summed E-state index contributed by atoms with van der Waals surface area (Å²) in [5.41, 5.74) is 2.09. The second-order valence-electron chi connectivity index (χ2n) is 8.28. The first-order valence-electron chi connectivity index (χ1n) is 10.4. The number of hydrogen-bond donors (Lipinski definition) is 1. The van der Waals surface area contributed by atoms with Crippen LogP contribution in [-0.2, 0) is 36.9 Å².